The Morgan fingerprint density at radius 3 is 2.81 bits per heavy atom. The number of aryl methyl sites for hydroxylation is 2. The summed E-state index contributed by atoms with van der Waals surface area (Å²) in [5, 5.41) is 13.0. The number of carboxylic acids is 1. The summed E-state index contributed by atoms with van der Waals surface area (Å²) in [6.07, 6.45) is 5.06. The first-order valence-corrected chi connectivity index (χ1v) is 4.81. The van der Waals surface area contributed by atoms with Crippen molar-refractivity contribution in [3.05, 3.63) is 35.7 Å². The molecule has 0 bridgehead atoms. The van der Waals surface area contributed by atoms with Crippen LogP contribution in [0.25, 0.3) is 0 Å². The Morgan fingerprint density at radius 2 is 2.31 bits per heavy atom. The molecule has 6 nitrogen and oxygen atoms in total. The zero-order valence-electron chi connectivity index (χ0n) is 9.08. The fourth-order valence-electron chi connectivity index (χ4n) is 1.50. The number of hydrogen-bond acceptors (Lipinski definition) is 3. The summed E-state index contributed by atoms with van der Waals surface area (Å²) in [5.41, 5.74) is 0.746. The molecule has 0 fully saturated rings. The van der Waals surface area contributed by atoms with Gasteiger partial charge in [-0.1, -0.05) is 0 Å². The smallest absolute Gasteiger partial charge is 0.339 e. The topological polar surface area (TPSA) is 72.9 Å². The summed E-state index contributed by atoms with van der Waals surface area (Å²) in [6, 6.07) is 0. The third-order valence-electron chi connectivity index (χ3n) is 2.40. The van der Waals surface area contributed by atoms with Crippen LogP contribution in [0.1, 0.15) is 21.9 Å². The molecule has 0 aliphatic heterocycles. The van der Waals surface area contributed by atoms with Gasteiger partial charge in [0.2, 0.25) is 0 Å². The Hall–Kier alpha value is -2.11. The van der Waals surface area contributed by atoms with Gasteiger partial charge in [-0.2, -0.15) is 5.10 Å². The van der Waals surface area contributed by atoms with Crippen molar-refractivity contribution >= 4 is 5.97 Å². The normalized spacial score (nSPS) is 10.6. The Kier molecular flexibility index (Phi) is 2.47. The van der Waals surface area contributed by atoms with Crippen molar-refractivity contribution in [1.29, 1.82) is 0 Å². The van der Waals surface area contributed by atoms with Crippen LogP contribution in [0.4, 0.5) is 0 Å². The van der Waals surface area contributed by atoms with Gasteiger partial charge >= 0.3 is 5.97 Å². The molecule has 0 saturated carbocycles. The molecule has 0 aromatic carbocycles. The molecule has 0 atom stereocenters. The Morgan fingerprint density at radius 1 is 1.56 bits per heavy atom. The quantitative estimate of drug-likeness (QED) is 0.825. The number of aromatic nitrogens is 4. The molecular formula is C10H12N4O2. The van der Waals surface area contributed by atoms with Gasteiger partial charge < -0.3 is 9.67 Å². The molecule has 2 rings (SSSR count). The minimum atomic E-state index is -0.955. The number of carboxylic acid groups (broad SMARTS) is 1. The van der Waals surface area contributed by atoms with Crippen LogP contribution in [0.15, 0.2) is 18.6 Å². The first-order chi connectivity index (χ1) is 7.58. The van der Waals surface area contributed by atoms with Crippen LogP contribution >= 0.6 is 0 Å². The average molecular weight is 220 g/mol. The van der Waals surface area contributed by atoms with Gasteiger partial charge in [0.25, 0.3) is 0 Å². The van der Waals surface area contributed by atoms with Gasteiger partial charge in [0.05, 0.1) is 12.2 Å². The van der Waals surface area contributed by atoms with E-state index < -0.39 is 5.97 Å². The molecule has 0 aliphatic rings. The average Bonchev–Trinajstić information content (AvgIpc) is 2.75. The maximum atomic E-state index is 10.8. The summed E-state index contributed by atoms with van der Waals surface area (Å²) >= 11 is 0. The van der Waals surface area contributed by atoms with Gasteiger partial charge in [-0.05, 0) is 6.92 Å². The minimum Gasteiger partial charge on any atom is -0.478 e. The molecule has 2 aromatic rings. The monoisotopic (exact) mass is 220 g/mol. The van der Waals surface area contributed by atoms with Gasteiger partial charge in [0.1, 0.15) is 11.4 Å². The predicted octanol–water partition coefficient (Wildman–Crippen LogP) is 0.672. The number of rotatable bonds is 3. The van der Waals surface area contributed by atoms with Crippen molar-refractivity contribution in [3.63, 3.8) is 0 Å². The molecule has 84 valence electrons. The van der Waals surface area contributed by atoms with Gasteiger partial charge in [0.15, 0.2) is 0 Å². The standard InChI is InChI=1S/C10H12N4O2/c1-7-8(10(15)16)5-14(12-7)6-9-11-3-4-13(9)2/h3-5H,6H2,1-2H3,(H,15,16). The highest BCUT2D eigenvalue weighted by atomic mass is 16.4. The predicted molar refractivity (Wildman–Crippen MR) is 56.2 cm³/mol. The van der Waals surface area contributed by atoms with E-state index in [-0.39, 0.29) is 5.56 Å². The number of imidazole rings is 1. The molecule has 0 spiro atoms. The first kappa shape index (κ1) is 10.4. The lowest BCUT2D eigenvalue weighted by Crippen LogP contribution is -2.06. The van der Waals surface area contributed by atoms with Gasteiger partial charge in [0, 0.05) is 25.6 Å². The molecule has 0 unspecified atom stereocenters. The lowest BCUT2D eigenvalue weighted by Gasteiger charge is -2.01. The maximum Gasteiger partial charge on any atom is 0.339 e. The molecule has 0 aliphatic carbocycles. The number of nitrogens with zero attached hydrogens (tertiary/aromatic N) is 4. The van der Waals surface area contributed by atoms with Crippen LogP contribution in [0.3, 0.4) is 0 Å². The van der Waals surface area contributed by atoms with Crippen LogP contribution in [0.2, 0.25) is 0 Å². The first-order valence-electron chi connectivity index (χ1n) is 4.81. The molecule has 6 heteroatoms. The van der Waals surface area contributed by atoms with E-state index in [1.54, 1.807) is 17.8 Å². The van der Waals surface area contributed by atoms with E-state index in [4.69, 9.17) is 5.11 Å². The summed E-state index contributed by atoms with van der Waals surface area (Å²) < 4.78 is 3.46. The molecule has 2 aromatic heterocycles. The van der Waals surface area contributed by atoms with Gasteiger partial charge in [-0.15, -0.1) is 0 Å². The Bertz CT molecular complexity index is 527. The SMILES string of the molecule is Cc1nn(Cc2nccn2C)cc1C(=O)O. The van der Waals surface area contributed by atoms with E-state index >= 15 is 0 Å². The van der Waals surface area contributed by atoms with Crippen molar-refractivity contribution in [3.8, 4) is 0 Å². The molecule has 0 saturated heterocycles. The number of aromatic carboxylic acids is 1. The van der Waals surface area contributed by atoms with E-state index in [1.165, 1.54) is 6.20 Å². The Labute approximate surface area is 92.2 Å². The maximum absolute atomic E-state index is 10.8. The summed E-state index contributed by atoms with van der Waals surface area (Å²) in [7, 11) is 1.89. The molecule has 16 heavy (non-hydrogen) atoms. The summed E-state index contributed by atoms with van der Waals surface area (Å²) in [4.78, 5) is 15.0. The van der Waals surface area contributed by atoms with Crippen LogP contribution in [0.5, 0.6) is 0 Å². The zero-order chi connectivity index (χ0) is 11.7. The molecule has 0 amide bonds. The van der Waals surface area contributed by atoms with Crippen molar-refractivity contribution < 1.29 is 9.90 Å². The van der Waals surface area contributed by atoms with Crippen LogP contribution in [-0.2, 0) is 13.6 Å². The van der Waals surface area contributed by atoms with Gasteiger partial charge in [-0.25, -0.2) is 9.78 Å². The fourth-order valence-corrected chi connectivity index (χ4v) is 1.50. The molecule has 1 N–H and O–H groups in total. The fraction of sp³-hybridized carbons (Fsp3) is 0.300. The molecular weight excluding hydrogens is 208 g/mol. The highest BCUT2D eigenvalue weighted by Gasteiger charge is 2.12. The second-order valence-electron chi connectivity index (χ2n) is 3.59. The van der Waals surface area contributed by atoms with Crippen molar-refractivity contribution in [2.75, 3.05) is 0 Å². The van der Waals surface area contributed by atoms with E-state index in [2.05, 4.69) is 10.1 Å². The zero-order valence-corrected chi connectivity index (χ0v) is 9.08. The van der Waals surface area contributed by atoms with Gasteiger partial charge in [-0.3, -0.25) is 4.68 Å². The van der Waals surface area contributed by atoms with Crippen molar-refractivity contribution in [2.45, 2.75) is 13.5 Å². The molecule has 2 heterocycles. The third kappa shape index (κ3) is 1.81. The number of hydrogen-bond donors (Lipinski definition) is 1. The minimum absolute atomic E-state index is 0.231. The largest absolute Gasteiger partial charge is 0.478 e. The van der Waals surface area contributed by atoms with E-state index in [0.29, 0.717) is 12.2 Å². The summed E-state index contributed by atoms with van der Waals surface area (Å²) in [6.45, 7) is 2.15. The van der Waals surface area contributed by atoms with E-state index in [1.807, 2.05) is 17.8 Å². The van der Waals surface area contributed by atoms with Crippen molar-refractivity contribution in [2.24, 2.45) is 7.05 Å². The number of carbonyl (C=O) groups is 1. The lowest BCUT2D eigenvalue weighted by molar-refractivity contribution is 0.0696. The molecule has 0 radical (unpaired) electrons. The van der Waals surface area contributed by atoms with E-state index in [9.17, 15) is 4.79 Å². The third-order valence-corrected chi connectivity index (χ3v) is 2.40. The lowest BCUT2D eigenvalue weighted by atomic mass is 10.3. The van der Waals surface area contributed by atoms with Crippen LogP contribution in [-0.4, -0.2) is 30.4 Å². The second kappa shape index (κ2) is 3.80. The van der Waals surface area contributed by atoms with Crippen LogP contribution < -0.4 is 0 Å². The van der Waals surface area contributed by atoms with Crippen molar-refractivity contribution in [1.82, 2.24) is 19.3 Å². The highest BCUT2D eigenvalue weighted by Crippen LogP contribution is 2.07. The highest BCUT2D eigenvalue weighted by molar-refractivity contribution is 5.88. The second-order valence-corrected chi connectivity index (χ2v) is 3.59. The van der Waals surface area contributed by atoms with Crippen LogP contribution in [0, 0.1) is 6.92 Å². The Balaban J connectivity index is 2.26. The summed E-state index contributed by atoms with van der Waals surface area (Å²) in [5.74, 6) is -0.122. The van der Waals surface area contributed by atoms with E-state index in [0.717, 1.165) is 5.82 Å².